The van der Waals surface area contributed by atoms with Crippen LogP contribution < -0.4 is 4.74 Å². The van der Waals surface area contributed by atoms with E-state index in [1.54, 1.807) is 6.92 Å². The number of ketones is 3. The number of Topliss-reactive ketones (excluding diaryl/α,β-unsaturated/α-hetero) is 1. The van der Waals surface area contributed by atoms with E-state index in [1.165, 1.54) is 25.3 Å². The Balaban J connectivity index is 1.47. The van der Waals surface area contributed by atoms with Crippen LogP contribution >= 0.6 is 0 Å². The zero-order valence-corrected chi connectivity index (χ0v) is 23.6. The normalized spacial score (nSPS) is 29.7. The van der Waals surface area contributed by atoms with Crippen molar-refractivity contribution in [1.29, 1.82) is 0 Å². The average Bonchev–Trinajstić information content (AvgIpc) is 3.53. The third-order valence-corrected chi connectivity index (χ3v) is 9.01. The molecule has 0 aromatic heterocycles. The van der Waals surface area contributed by atoms with Crippen LogP contribution in [0.4, 0.5) is 0 Å². The third kappa shape index (κ3) is 4.52. The Hall–Kier alpha value is -3.81. The largest absolute Gasteiger partial charge is 0.507 e. The van der Waals surface area contributed by atoms with Crippen LogP contribution in [0.25, 0.3) is 0 Å². The maximum absolute atomic E-state index is 13.8. The summed E-state index contributed by atoms with van der Waals surface area (Å²) in [5, 5.41) is 55.0. The van der Waals surface area contributed by atoms with Crippen molar-refractivity contribution in [3.63, 3.8) is 0 Å². The molecule has 1 saturated heterocycles. The minimum atomic E-state index is -2.23. The van der Waals surface area contributed by atoms with Gasteiger partial charge in [-0.15, -0.1) is 0 Å². The maximum atomic E-state index is 13.8. The predicted octanol–water partition coefficient (Wildman–Crippen LogP) is 1.26. The van der Waals surface area contributed by atoms with Gasteiger partial charge < -0.3 is 44.6 Å². The van der Waals surface area contributed by atoms with E-state index in [1.807, 2.05) is 17.2 Å². The van der Waals surface area contributed by atoms with Gasteiger partial charge >= 0.3 is 0 Å². The number of aliphatic hydroxyl groups excluding tert-OH is 2. The molecule has 43 heavy (non-hydrogen) atoms. The molecule has 0 amide bonds. The molecule has 5 N–H and O–H groups in total. The first kappa shape index (κ1) is 29.3. The zero-order valence-electron chi connectivity index (χ0n) is 23.6. The first-order valence-electron chi connectivity index (χ1n) is 14.2. The van der Waals surface area contributed by atoms with E-state index in [0.717, 1.165) is 6.42 Å². The standard InChI is InChI=1S/C31H33NO11/c1-14-26(35)17(32-8-3-4-9-32)10-21(42-14)43-19-12-31(40,20(34)13-33)11-16-23(19)30(39)25-24(28(16)37)27(36)15-6-5-7-18(41-2)22(15)29(25)38/h3,5-8,14,17,19,21,26,33,35,37,39-40H,4,9-13H2,1-2H3. The lowest BCUT2D eigenvalue weighted by Crippen LogP contribution is -2.54. The summed E-state index contributed by atoms with van der Waals surface area (Å²) in [6.07, 6.45) is 0.0782. The van der Waals surface area contributed by atoms with E-state index in [2.05, 4.69) is 0 Å². The highest BCUT2D eigenvalue weighted by molar-refractivity contribution is 6.31. The number of aliphatic hydroxyl groups is 3. The topological polar surface area (TPSA) is 183 Å². The highest BCUT2D eigenvalue weighted by Gasteiger charge is 2.50. The molecule has 0 bridgehead atoms. The molecule has 6 rings (SSSR count). The minimum Gasteiger partial charge on any atom is -0.507 e. The number of aromatic hydroxyl groups is 2. The van der Waals surface area contributed by atoms with Gasteiger partial charge in [-0.25, -0.2) is 0 Å². The van der Waals surface area contributed by atoms with Crippen LogP contribution in [-0.4, -0.2) is 98.2 Å². The fourth-order valence-electron chi connectivity index (χ4n) is 6.81. The number of benzene rings is 2. The van der Waals surface area contributed by atoms with Gasteiger partial charge in [0.25, 0.3) is 0 Å². The first-order chi connectivity index (χ1) is 20.5. The molecular weight excluding hydrogens is 562 g/mol. The van der Waals surface area contributed by atoms with Gasteiger partial charge in [0, 0.05) is 42.5 Å². The molecule has 2 aromatic carbocycles. The van der Waals surface area contributed by atoms with Crippen molar-refractivity contribution in [3.05, 3.63) is 63.9 Å². The number of fused-ring (bicyclic) bond motifs is 3. The summed E-state index contributed by atoms with van der Waals surface area (Å²) in [4.78, 5) is 42.2. The fourth-order valence-corrected chi connectivity index (χ4v) is 6.81. The fraction of sp³-hybridized carbons (Fsp3) is 0.452. The SMILES string of the molecule is COc1cccc2c1C(=O)c1c(O)c3c(c(O)c1C2=O)CC(O)(C(=O)CO)CC3OC1CC(N2C=CCC2)C(O)C(C)O1. The van der Waals surface area contributed by atoms with Crippen LogP contribution in [0.3, 0.4) is 0 Å². The van der Waals surface area contributed by atoms with Crippen LogP contribution in [0.5, 0.6) is 17.2 Å². The van der Waals surface area contributed by atoms with E-state index in [9.17, 15) is 39.9 Å². The van der Waals surface area contributed by atoms with Crippen LogP contribution in [0.1, 0.15) is 75.3 Å². The summed E-state index contributed by atoms with van der Waals surface area (Å²) in [6, 6.07) is 4.04. The summed E-state index contributed by atoms with van der Waals surface area (Å²) < 4.78 is 17.5. The van der Waals surface area contributed by atoms with Crippen molar-refractivity contribution < 1.29 is 54.1 Å². The van der Waals surface area contributed by atoms with Crippen molar-refractivity contribution in [2.24, 2.45) is 0 Å². The monoisotopic (exact) mass is 595 g/mol. The summed E-state index contributed by atoms with van der Waals surface area (Å²) in [7, 11) is 1.34. The molecule has 12 heteroatoms. The number of hydrogen-bond acceptors (Lipinski definition) is 12. The number of phenolic OH excluding ortho intramolecular Hbond substituents is 2. The second-order valence-electron chi connectivity index (χ2n) is 11.5. The number of carbonyl (C=O) groups is 3. The van der Waals surface area contributed by atoms with Crippen molar-refractivity contribution in [3.8, 4) is 17.2 Å². The second-order valence-corrected chi connectivity index (χ2v) is 11.5. The highest BCUT2D eigenvalue weighted by atomic mass is 16.7. The van der Waals surface area contributed by atoms with Crippen LogP contribution in [0, 0.1) is 0 Å². The molecule has 2 aliphatic carbocycles. The lowest BCUT2D eigenvalue weighted by Gasteiger charge is -2.44. The van der Waals surface area contributed by atoms with Crippen molar-refractivity contribution in [2.45, 2.75) is 68.9 Å². The van der Waals surface area contributed by atoms with Crippen molar-refractivity contribution >= 4 is 17.3 Å². The van der Waals surface area contributed by atoms with E-state index in [0.29, 0.717) is 6.54 Å². The quantitative estimate of drug-likeness (QED) is 0.258. The van der Waals surface area contributed by atoms with E-state index in [-0.39, 0.29) is 40.5 Å². The van der Waals surface area contributed by atoms with Gasteiger partial charge in [-0.3, -0.25) is 14.4 Å². The summed E-state index contributed by atoms with van der Waals surface area (Å²) in [5.74, 6) is -3.66. The van der Waals surface area contributed by atoms with Gasteiger partial charge in [-0.05, 0) is 25.6 Å². The summed E-state index contributed by atoms with van der Waals surface area (Å²) in [5.41, 5.74) is -3.49. The summed E-state index contributed by atoms with van der Waals surface area (Å²) >= 11 is 0. The Morgan fingerprint density at radius 2 is 1.88 bits per heavy atom. The lowest BCUT2D eigenvalue weighted by molar-refractivity contribution is -0.256. The molecule has 2 aromatic rings. The van der Waals surface area contributed by atoms with Crippen molar-refractivity contribution in [1.82, 2.24) is 4.90 Å². The van der Waals surface area contributed by atoms with Gasteiger partial charge in [0.1, 0.15) is 35.6 Å². The Bertz CT molecular complexity index is 1550. The maximum Gasteiger partial charge on any atom is 0.202 e. The Labute approximate surface area is 246 Å². The number of ether oxygens (including phenoxy) is 3. The van der Waals surface area contributed by atoms with Gasteiger partial charge in [-0.1, -0.05) is 18.2 Å². The second kappa shape index (κ2) is 10.7. The molecule has 6 atom stereocenters. The van der Waals surface area contributed by atoms with E-state index >= 15 is 0 Å². The molecule has 228 valence electrons. The van der Waals surface area contributed by atoms with E-state index < -0.39 is 89.6 Å². The minimum absolute atomic E-state index is 0.0399. The Morgan fingerprint density at radius 1 is 1.14 bits per heavy atom. The molecule has 1 fully saturated rings. The van der Waals surface area contributed by atoms with Gasteiger partial charge in [0.15, 0.2) is 17.9 Å². The molecular formula is C31H33NO11. The molecule has 4 aliphatic rings. The molecule has 6 unspecified atom stereocenters. The number of hydrogen-bond donors (Lipinski definition) is 5. The molecule has 2 aliphatic heterocycles. The zero-order chi connectivity index (χ0) is 30.8. The molecule has 0 saturated carbocycles. The first-order valence-corrected chi connectivity index (χ1v) is 14.2. The summed E-state index contributed by atoms with van der Waals surface area (Å²) in [6.45, 7) is 1.37. The van der Waals surface area contributed by atoms with Crippen LogP contribution in [0.15, 0.2) is 30.5 Å². The van der Waals surface area contributed by atoms with Crippen LogP contribution in [-0.2, 0) is 20.7 Å². The molecule has 0 spiro atoms. The van der Waals surface area contributed by atoms with Gasteiger partial charge in [0.2, 0.25) is 5.78 Å². The Morgan fingerprint density at radius 3 is 2.56 bits per heavy atom. The number of nitrogens with zero attached hydrogens (tertiary/aromatic N) is 1. The van der Waals surface area contributed by atoms with Gasteiger partial charge in [-0.2, -0.15) is 0 Å². The number of rotatable bonds is 6. The Kier molecular flexibility index (Phi) is 7.30. The molecule has 0 radical (unpaired) electrons. The lowest BCUT2D eigenvalue weighted by atomic mass is 9.72. The highest BCUT2D eigenvalue weighted by Crippen LogP contribution is 2.52. The average molecular weight is 596 g/mol. The molecule has 2 heterocycles. The number of carbonyl (C=O) groups excluding carboxylic acids is 3. The number of phenols is 2. The smallest absolute Gasteiger partial charge is 0.202 e. The third-order valence-electron chi connectivity index (χ3n) is 9.01. The van der Waals surface area contributed by atoms with Crippen molar-refractivity contribution in [2.75, 3.05) is 20.3 Å². The van der Waals surface area contributed by atoms with Gasteiger partial charge in [0.05, 0.1) is 42.0 Å². The van der Waals surface area contributed by atoms with E-state index in [4.69, 9.17) is 14.2 Å². The van der Waals surface area contributed by atoms with Crippen LogP contribution in [0.2, 0.25) is 0 Å². The molecule has 12 nitrogen and oxygen atoms in total. The predicted molar refractivity (Wildman–Crippen MR) is 148 cm³/mol. The number of methoxy groups -OCH3 is 1.